The summed E-state index contributed by atoms with van der Waals surface area (Å²) < 4.78 is 2.70. The van der Waals surface area contributed by atoms with Gasteiger partial charge in [0.05, 0.1) is 16.5 Å². The number of allylic oxidation sites excluding steroid dienone is 4. The fraction of sp³-hybridized carbons (Fsp3) is 0.488. The van der Waals surface area contributed by atoms with Crippen LogP contribution in [0, 0.1) is 11.8 Å². The first-order valence-electron chi connectivity index (χ1n) is 18.3. The summed E-state index contributed by atoms with van der Waals surface area (Å²) in [5.74, 6) is 1.85. The molecule has 1 saturated carbocycles. The van der Waals surface area contributed by atoms with Crippen LogP contribution in [0.1, 0.15) is 134 Å². The summed E-state index contributed by atoms with van der Waals surface area (Å²) in [5.41, 5.74) is 12.6. The molecule has 0 saturated heterocycles. The zero-order chi connectivity index (χ0) is 31.1. The lowest BCUT2D eigenvalue weighted by Gasteiger charge is -2.34. The van der Waals surface area contributed by atoms with Gasteiger partial charge in [-0.05, 0) is 96.1 Å². The molecular weight excluding hydrogens is 544 g/mol. The Balaban J connectivity index is 1.49. The number of benzene rings is 2. The summed E-state index contributed by atoms with van der Waals surface area (Å²) in [6.07, 6.45) is 20.3. The Morgan fingerprint density at radius 1 is 0.889 bits per heavy atom. The SMILES string of the molecule is CCC(CC)C1=CC2(CC(C(CC)CC)=C1)c1nc3ccccc3c3c1-c1c4c(cc(C5CCCCC5)cc4cc[n+]12)C3(C)C. The average molecular weight is 596 g/mol. The molecule has 232 valence electrons. The second kappa shape index (κ2) is 10.6. The number of fused-ring (bicyclic) bond motifs is 4. The van der Waals surface area contributed by atoms with Gasteiger partial charge in [-0.1, -0.05) is 103 Å². The molecule has 2 aromatic heterocycles. The van der Waals surface area contributed by atoms with E-state index in [-0.39, 0.29) is 11.0 Å². The summed E-state index contributed by atoms with van der Waals surface area (Å²) in [6.45, 7) is 14.5. The van der Waals surface area contributed by atoms with E-state index in [0.717, 1.165) is 11.9 Å². The van der Waals surface area contributed by atoms with E-state index in [1.807, 2.05) is 0 Å². The van der Waals surface area contributed by atoms with Crippen molar-refractivity contribution in [2.45, 2.75) is 123 Å². The third-order valence-electron chi connectivity index (χ3n) is 12.6. The average Bonchev–Trinajstić information content (AvgIpc) is 3.32. The molecular formula is C43H51N2+. The van der Waals surface area contributed by atoms with Gasteiger partial charge >= 0.3 is 0 Å². The third-order valence-corrected chi connectivity index (χ3v) is 12.6. The number of hydrogen-bond acceptors (Lipinski definition) is 1. The van der Waals surface area contributed by atoms with E-state index in [2.05, 4.69) is 107 Å². The molecule has 1 unspecified atom stereocenters. The van der Waals surface area contributed by atoms with Crippen molar-refractivity contribution >= 4 is 21.7 Å². The Bertz CT molecular complexity index is 1890. The maximum atomic E-state index is 5.70. The molecule has 2 nitrogen and oxygen atoms in total. The van der Waals surface area contributed by atoms with Gasteiger partial charge in [0.15, 0.2) is 6.20 Å². The van der Waals surface area contributed by atoms with Gasteiger partial charge in [0, 0.05) is 23.3 Å². The number of nitrogens with zero attached hydrogens (tertiary/aromatic N) is 2. The molecule has 2 heteroatoms. The number of hydrogen-bond donors (Lipinski definition) is 0. The molecule has 0 amide bonds. The predicted molar refractivity (Wildman–Crippen MR) is 189 cm³/mol. The summed E-state index contributed by atoms with van der Waals surface area (Å²) in [6, 6.07) is 16.7. The van der Waals surface area contributed by atoms with Gasteiger partial charge < -0.3 is 0 Å². The third kappa shape index (κ3) is 4.06. The molecule has 3 heterocycles. The topological polar surface area (TPSA) is 16.8 Å². The highest BCUT2D eigenvalue weighted by atomic mass is 15.1. The van der Waals surface area contributed by atoms with Gasteiger partial charge in [0.2, 0.25) is 11.2 Å². The molecule has 3 aliphatic carbocycles. The van der Waals surface area contributed by atoms with E-state index in [4.69, 9.17) is 4.98 Å². The minimum Gasteiger partial charge on any atom is -0.244 e. The van der Waals surface area contributed by atoms with Crippen LogP contribution in [0.15, 0.2) is 72.0 Å². The van der Waals surface area contributed by atoms with Crippen LogP contribution in [0.4, 0.5) is 0 Å². The highest BCUT2D eigenvalue weighted by molar-refractivity contribution is 6.06. The van der Waals surface area contributed by atoms with Crippen LogP contribution in [0.3, 0.4) is 0 Å². The van der Waals surface area contributed by atoms with Crippen molar-refractivity contribution in [2.75, 3.05) is 0 Å². The Hall–Kier alpha value is -3.26. The molecule has 1 spiro atoms. The highest BCUT2D eigenvalue weighted by Crippen LogP contribution is 2.58. The molecule has 2 aromatic carbocycles. The summed E-state index contributed by atoms with van der Waals surface area (Å²) in [5, 5.41) is 4.22. The van der Waals surface area contributed by atoms with Gasteiger partial charge in [-0.15, -0.1) is 0 Å². The van der Waals surface area contributed by atoms with Crippen LogP contribution in [0.2, 0.25) is 0 Å². The number of rotatable bonds is 7. The van der Waals surface area contributed by atoms with E-state index in [1.54, 1.807) is 11.1 Å². The molecule has 1 fully saturated rings. The molecule has 1 aliphatic heterocycles. The normalized spacial score (nSPS) is 21.8. The van der Waals surface area contributed by atoms with Crippen LogP contribution < -0.4 is 4.57 Å². The summed E-state index contributed by atoms with van der Waals surface area (Å²) in [4.78, 5) is 5.70. The van der Waals surface area contributed by atoms with E-state index in [9.17, 15) is 0 Å². The molecule has 0 radical (unpaired) electrons. The van der Waals surface area contributed by atoms with Crippen LogP contribution >= 0.6 is 0 Å². The Kier molecular flexibility index (Phi) is 6.90. The van der Waals surface area contributed by atoms with Crippen molar-refractivity contribution in [3.05, 3.63) is 94.3 Å². The molecule has 0 bridgehead atoms. The van der Waals surface area contributed by atoms with Crippen LogP contribution in [0.5, 0.6) is 0 Å². The highest BCUT2D eigenvalue weighted by Gasteiger charge is 2.58. The van der Waals surface area contributed by atoms with E-state index >= 15 is 0 Å². The minimum absolute atomic E-state index is 0.127. The van der Waals surface area contributed by atoms with Crippen LogP contribution in [-0.4, -0.2) is 4.98 Å². The number of pyridine rings is 2. The second-order valence-electron chi connectivity index (χ2n) is 15.2. The largest absolute Gasteiger partial charge is 0.244 e. The first-order valence-corrected chi connectivity index (χ1v) is 18.3. The van der Waals surface area contributed by atoms with Crippen molar-refractivity contribution in [1.29, 1.82) is 0 Å². The second-order valence-corrected chi connectivity index (χ2v) is 15.2. The standard InChI is InChI=1S/C43H51N2/c1-7-27(8-2)32-23-33(28(9-3)10-4)26-43(25-32)41-38-39(34-18-14-15-19-36(34)44-41)42(5,6)35-24-31(29-16-12-11-13-17-29)22-30-20-21-45(43)40(38)37(30)35/h14-15,18-25,27-29H,7-13,16-17,26H2,1-6H3/q+1. The first-order chi connectivity index (χ1) is 21.9. The van der Waals surface area contributed by atoms with Crippen molar-refractivity contribution in [2.24, 2.45) is 11.8 Å². The molecule has 4 aliphatic rings. The summed E-state index contributed by atoms with van der Waals surface area (Å²) in [7, 11) is 0. The number of aromatic nitrogens is 2. The lowest BCUT2D eigenvalue weighted by molar-refractivity contribution is -0.726. The number of para-hydroxylation sites is 1. The van der Waals surface area contributed by atoms with Crippen LogP contribution in [0.25, 0.3) is 32.9 Å². The quantitative estimate of drug-likeness (QED) is 0.194. The van der Waals surface area contributed by atoms with Gasteiger partial charge in [-0.25, -0.2) is 4.98 Å². The van der Waals surface area contributed by atoms with E-state index in [0.29, 0.717) is 17.8 Å². The predicted octanol–water partition coefficient (Wildman–Crippen LogP) is 11.2. The van der Waals surface area contributed by atoms with Crippen LogP contribution in [-0.2, 0) is 11.0 Å². The zero-order valence-electron chi connectivity index (χ0n) is 28.5. The molecule has 45 heavy (non-hydrogen) atoms. The van der Waals surface area contributed by atoms with Crippen molar-refractivity contribution < 1.29 is 4.57 Å². The monoisotopic (exact) mass is 595 g/mol. The Morgan fingerprint density at radius 2 is 1.62 bits per heavy atom. The maximum absolute atomic E-state index is 5.70. The maximum Gasteiger partial charge on any atom is 0.233 e. The lowest BCUT2D eigenvalue weighted by atomic mass is 9.67. The van der Waals surface area contributed by atoms with E-state index in [1.165, 1.54) is 108 Å². The zero-order valence-corrected chi connectivity index (χ0v) is 28.5. The molecule has 4 aromatic rings. The first kappa shape index (κ1) is 29.2. The fourth-order valence-electron chi connectivity index (χ4n) is 10.2. The van der Waals surface area contributed by atoms with E-state index < -0.39 is 0 Å². The minimum atomic E-state index is -0.304. The van der Waals surface area contributed by atoms with Crippen molar-refractivity contribution in [3.63, 3.8) is 0 Å². The van der Waals surface area contributed by atoms with Crippen molar-refractivity contribution in [1.82, 2.24) is 4.98 Å². The lowest BCUT2D eigenvalue weighted by Crippen LogP contribution is -2.55. The van der Waals surface area contributed by atoms with Gasteiger partial charge in [-0.2, -0.15) is 4.57 Å². The fourth-order valence-corrected chi connectivity index (χ4v) is 10.2. The molecule has 0 N–H and O–H groups in total. The summed E-state index contributed by atoms with van der Waals surface area (Å²) >= 11 is 0. The van der Waals surface area contributed by atoms with Gasteiger partial charge in [0.25, 0.3) is 0 Å². The van der Waals surface area contributed by atoms with Crippen molar-refractivity contribution in [3.8, 4) is 11.3 Å². The smallest absolute Gasteiger partial charge is 0.233 e. The van der Waals surface area contributed by atoms with Gasteiger partial charge in [-0.3, -0.25) is 0 Å². The molecule has 8 rings (SSSR count). The Morgan fingerprint density at radius 3 is 2.36 bits per heavy atom. The van der Waals surface area contributed by atoms with Gasteiger partial charge in [0.1, 0.15) is 5.69 Å². The molecule has 1 atom stereocenters. The Labute approximate surface area is 270 Å².